The molecule has 3 heteroatoms. The molecule has 0 spiro atoms. The standard InChI is InChI=1S/C13H11NO2/c1-9-7-11(14-13(9)16)8-12(15)10-5-3-2-4-6-10/h2-8H,1H3,(H,14,16)/b11-8-. The van der Waals surface area contributed by atoms with Crippen LogP contribution in [0.4, 0.5) is 0 Å². The van der Waals surface area contributed by atoms with Crippen molar-refractivity contribution in [3.8, 4) is 0 Å². The van der Waals surface area contributed by atoms with Gasteiger partial charge < -0.3 is 5.32 Å². The van der Waals surface area contributed by atoms with Crippen LogP contribution in [-0.4, -0.2) is 11.7 Å². The zero-order valence-electron chi connectivity index (χ0n) is 8.86. The summed E-state index contributed by atoms with van der Waals surface area (Å²) in [6.45, 7) is 1.71. The summed E-state index contributed by atoms with van der Waals surface area (Å²) >= 11 is 0. The van der Waals surface area contributed by atoms with Crippen LogP contribution in [0.2, 0.25) is 0 Å². The Hall–Kier alpha value is -2.16. The molecule has 0 unspecified atom stereocenters. The van der Waals surface area contributed by atoms with Gasteiger partial charge in [-0.3, -0.25) is 9.59 Å². The fourth-order valence-electron chi connectivity index (χ4n) is 1.47. The second kappa shape index (κ2) is 4.14. The number of ketones is 1. The first-order valence-electron chi connectivity index (χ1n) is 4.97. The van der Waals surface area contributed by atoms with Crippen molar-refractivity contribution in [2.45, 2.75) is 6.92 Å². The molecule has 1 aromatic carbocycles. The Bertz CT molecular complexity index is 498. The van der Waals surface area contributed by atoms with Crippen molar-refractivity contribution in [2.24, 2.45) is 0 Å². The van der Waals surface area contributed by atoms with E-state index in [4.69, 9.17) is 0 Å². The molecule has 0 saturated carbocycles. The van der Waals surface area contributed by atoms with Crippen molar-refractivity contribution in [3.63, 3.8) is 0 Å². The van der Waals surface area contributed by atoms with Crippen LogP contribution in [-0.2, 0) is 4.79 Å². The summed E-state index contributed by atoms with van der Waals surface area (Å²) in [5.41, 5.74) is 1.78. The fourth-order valence-corrected chi connectivity index (χ4v) is 1.47. The molecule has 0 atom stereocenters. The zero-order valence-corrected chi connectivity index (χ0v) is 8.86. The third-order valence-corrected chi connectivity index (χ3v) is 2.33. The summed E-state index contributed by atoms with van der Waals surface area (Å²) in [6.07, 6.45) is 3.10. The van der Waals surface area contributed by atoms with Crippen LogP contribution >= 0.6 is 0 Å². The van der Waals surface area contributed by atoms with Gasteiger partial charge in [0.1, 0.15) is 0 Å². The lowest BCUT2D eigenvalue weighted by atomic mass is 10.1. The summed E-state index contributed by atoms with van der Waals surface area (Å²) in [5, 5.41) is 2.61. The Morgan fingerprint density at radius 3 is 2.50 bits per heavy atom. The first-order chi connectivity index (χ1) is 7.66. The van der Waals surface area contributed by atoms with Gasteiger partial charge in [0, 0.05) is 22.9 Å². The van der Waals surface area contributed by atoms with Gasteiger partial charge in [-0.05, 0) is 13.0 Å². The average molecular weight is 213 g/mol. The number of carbonyl (C=O) groups excluding carboxylic acids is 2. The van der Waals surface area contributed by atoms with Gasteiger partial charge in [-0.1, -0.05) is 30.3 Å². The molecular formula is C13H11NO2. The van der Waals surface area contributed by atoms with Crippen LogP contribution in [0.25, 0.3) is 0 Å². The second-order valence-electron chi connectivity index (χ2n) is 3.61. The molecule has 0 aromatic heterocycles. The molecule has 1 N–H and O–H groups in total. The van der Waals surface area contributed by atoms with Gasteiger partial charge in [0.05, 0.1) is 0 Å². The van der Waals surface area contributed by atoms with Crippen LogP contribution in [0.15, 0.2) is 53.8 Å². The topological polar surface area (TPSA) is 46.2 Å². The minimum absolute atomic E-state index is 0.109. The van der Waals surface area contributed by atoms with E-state index in [9.17, 15) is 9.59 Å². The van der Waals surface area contributed by atoms with Gasteiger partial charge in [0.15, 0.2) is 5.78 Å². The number of nitrogens with one attached hydrogen (secondary N) is 1. The third-order valence-electron chi connectivity index (χ3n) is 2.33. The van der Waals surface area contributed by atoms with E-state index in [1.807, 2.05) is 6.07 Å². The van der Waals surface area contributed by atoms with Crippen LogP contribution in [0.1, 0.15) is 17.3 Å². The SMILES string of the molecule is CC1=C/C(=C/C(=O)c2ccccc2)NC1=O. The highest BCUT2D eigenvalue weighted by Crippen LogP contribution is 2.10. The van der Waals surface area contributed by atoms with Crippen molar-refractivity contribution in [3.05, 3.63) is 59.3 Å². The van der Waals surface area contributed by atoms with E-state index in [0.717, 1.165) is 0 Å². The quantitative estimate of drug-likeness (QED) is 0.601. The molecule has 80 valence electrons. The lowest BCUT2D eigenvalue weighted by Crippen LogP contribution is -2.16. The Balaban J connectivity index is 2.21. The summed E-state index contributed by atoms with van der Waals surface area (Å²) in [4.78, 5) is 22.9. The van der Waals surface area contributed by atoms with E-state index >= 15 is 0 Å². The zero-order chi connectivity index (χ0) is 11.5. The first kappa shape index (κ1) is 10.4. The average Bonchev–Trinajstić information content (AvgIpc) is 2.59. The van der Waals surface area contributed by atoms with Crippen molar-refractivity contribution in [1.82, 2.24) is 5.32 Å². The number of benzene rings is 1. The molecule has 0 saturated heterocycles. The first-order valence-corrected chi connectivity index (χ1v) is 4.97. The maximum absolute atomic E-state index is 11.8. The van der Waals surface area contributed by atoms with E-state index in [-0.39, 0.29) is 11.7 Å². The number of allylic oxidation sites excluding steroid dienone is 2. The maximum atomic E-state index is 11.8. The Morgan fingerprint density at radius 1 is 1.25 bits per heavy atom. The molecule has 1 aromatic rings. The molecule has 1 amide bonds. The molecule has 0 aliphatic carbocycles. The predicted octanol–water partition coefficient (Wildman–Crippen LogP) is 1.83. The lowest BCUT2D eigenvalue weighted by molar-refractivity contribution is -0.116. The number of amides is 1. The summed E-state index contributed by atoms with van der Waals surface area (Å²) in [7, 11) is 0. The van der Waals surface area contributed by atoms with Gasteiger partial charge in [0.2, 0.25) is 0 Å². The largest absolute Gasteiger partial charge is 0.322 e. The Kier molecular flexibility index (Phi) is 2.68. The van der Waals surface area contributed by atoms with Crippen LogP contribution < -0.4 is 5.32 Å². The Morgan fingerprint density at radius 2 is 1.94 bits per heavy atom. The van der Waals surface area contributed by atoms with Crippen molar-refractivity contribution >= 4 is 11.7 Å². The van der Waals surface area contributed by atoms with Crippen LogP contribution in [0.3, 0.4) is 0 Å². The highest BCUT2D eigenvalue weighted by molar-refractivity contribution is 6.07. The van der Waals surface area contributed by atoms with Crippen molar-refractivity contribution < 1.29 is 9.59 Å². The summed E-state index contributed by atoms with van der Waals surface area (Å²) in [6, 6.07) is 8.95. The Labute approximate surface area is 93.5 Å². The molecule has 3 nitrogen and oxygen atoms in total. The van der Waals surface area contributed by atoms with E-state index < -0.39 is 0 Å². The second-order valence-corrected chi connectivity index (χ2v) is 3.61. The molecule has 2 rings (SSSR count). The lowest BCUT2D eigenvalue weighted by Gasteiger charge is -1.97. The molecule has 0 radical (unpaired) electrons. The molecule has 1 heterocycles. The van der Waals surface area contributed by atoms with Crippen LogP contribution in [0, 0.1) is 0 Å². The monoisotopic (exact) mass is 213 g/mol. The van der Waals surface area contributed by atoms with Gasteiger partial charge >= 0.3 is 0 Å². The molecule has 1 aliphatic heterocycles. The van der Waals surface area contributed by atoms with Gasteiger partial charge in [-0.2, -0.15) is 0 Å². The number of rotatable bonds is 2. The van der Waals surface area contributed by atoms with Gasteiger partial charge in [0.25, 0.3) is 5.91 Å². The molecule has 0 bridgehead atoms. The van der Waals surface area contributed by atoms with Gasteiger partial charge in [-0.25, -0.2) is 0 Å². The third kappa shape index (κ3) is 2.08. The minimum Gasteiger partial charge on any atom is -0.322 e. The van der Waals surface area contributed by atoms with E-state index in [1.165, 1.54) is 6.08 Å². The highest BCUT2D eigenvalue weighted by Gasteiger charge is 2.14. The summed E-state index contributed by atoms with van der Waals surface area (Å²) < 4.78 is 0. The molecule has 16 heavy (non-hydrogen) atoms. The molecule has 0 fully saturated rings. The molecular weight excluding hydrogens is 202 g/mol. The maximum Gasteiger partial charge on any atom is 0.251 e. The number of hydrogen-bond donors (Lipinski definition) is 1. The van der Waals surface area contributed by atoms with Gasteiger partial charge in [-0.15, -0.1) is 0 Å². The summed E-state index contributed by atoms with van der Waals surface area (Å²) in [5.74, 6) is -0.256. The highest BCUT2D eigenvalue weighted by atomic mass is 16.2. The van der Waals surface area contributed by atoms with Crippen molar-refractivity contribution in [1.29, 1.82) is 0 Å². The van der Waals surface area contributed by atoms with E-state index in [0.29, 0.717) is 16.8 Å². The smallest absolute Gasteiger partial charge is 0.251 e. The predicted molar refractivity (Wildman–Crippen MR) is 60.8 cm³/mol. The van der Waals surface area contributed by atoms with E-state index in [2.05, 4.69) is 5.32 Å². The normalized spacial score (nSPS) is 17.2. The van der Waals surface area contributed by atoms with Crippen LogP contribution in [0.5, 0.6) is 0 Å². The van der Waals surface area contributed by atoms with Crippen molar-refractivity contribution in [2.75, 3.05) is 0 Å². The minimum atomic E-state index is -0.146. The fraction of sp³-hybridized carbons (Fsp3) is 0.0769. The number of hydrogen-bond acceptors (Lipinski definition) is 2. The molecule has 1 aliphatic rings. The number of carbonyl (C=O) groups is 2. The van der Waals surface area contributed by atoms with E-state index in [1.54, 1.807) is 37.3 Å².